The number of carbonyl (C=O) groups is 1. The van der Waals surface area contributed by atoms with Crippen LogP contribution in [-0.2, 0) is 4.74 Å². The lowest BCUT2D eigenvalue weighted by Crippen LogP contribution is -2.11. The summed E-state index contributed by atoms with van der Waals surface area (Å²) in [6.45, 7) is 1.56. The van der Waals surface area contributed by atoms with Crippen LogP contribution in [0.15, 0.2) is 52.9 Å². The van der Waals surface area contributed by atoms with Gasteiger partial charge in [-0.3, -0.25) is 0 Å². The fourth-order valence-electron chi connectivity index (χ4n) is 2.03. The van der Waals surface area contributed by atoms with Crippen LogP contribution in [0.1, 0.15) is 29.3 Å². The first kappa shape index (κ1) is 16.1. The summed E-state index contributed by atoms with van der Waals surface area (Å²) in [4.78, 5) is 12.0. The van der Waals surface area contributed by atoms with Crippen molar-refractivity contribution in [1.29, 1.82) is 0 Å². The predicted molar refractivity (Wildman–Crippen MR) is 85.0 cm³/mol. The lowest BCUT2D eigenvalue weighted by atomic mass is 10.2. The Hall–Kier alpha value is -2.73. The Morgan fingerprint density at radius 3 is 2.67 bits per heavy atom. The van der Waals surface area contributed by atoms with Gasteiger partial charge in [0.2, 0.25) is 5.89 Å². The molecule has 0 saturated heterocycles. The molecule has 2 aromatic carbocycles. The van der Waals surface area contributed by atoms with Gasteiger partial charge in [-0.1, -0.05) is 29.8 Å². The maximum atomic E-state index is 13.7. The van der Waals surface area contributed by atoms with Crippen molar-refractivity contribution >= 4 is 17.6 Å². The van der Waals surface area contributed by atoms with Gasteiger partial charge >= 0.3 is 5.97 Å². The lowest BCUT2D eigenvalue weighted by molar-refractivity contribution is 0.0274. The highest BCUT2D eigenvalue weighted by molar-refractivity contribution is 6.30. The number of carbonyl (C=O) groups excluding carboxylic acids is 1. The Labute approximate surface area is 142 Å². The van der Waals surface area contributed by atoms with E-state index in [1.165, 1.54) is 12.1 Å². The van der Waals surface area contributed by atoms with Gasteiger partial charge in [0.1, 0.15) is 5.82 Å². The van der Waals surface area contributed by atoms with Gasteiger partial charge in [0, 0.05) is 10.6 Å². The van der Waals surface area contributed by atoms with Crippen molar-refractivity contribution in [1.82, 2.24) is 10.2 Å². The molecule has 0 radical (unpaired) electrons. The largest absolute Gasteiger partial charge is 0.449 e. The highest BCUT2D eigenvalue weighted by Crippen LogP contribution is 2.23. The van der Waals surface area contributed by atoms with Crippen LogP contribution in [0.4, 0.5) is 4.39 Å². The van der Waals surface area contributed by atoms with Gasteiger partial charge in [-0.25, -0.2) is 9.18 Å². The van der Waals surface area contributed by atoms with Crippen molar-refractivity contribution in [3.63, 3.8) is 0 Å². The van der Waals surface area contributed by atoms with Crippen molar-refractivity contribution in [3.05, 3.63) is 70.8 Å². The third kappa shape index (κ3) is 3.44. The van der Waals surface area contributed by atoms with Crippen molar-refractivity contribution in [2.24, 2.45) is 0 Å². The van der Waals surface area contributed by atoms with Crippen LogP contribution in [0.25, 0.3) is 11.5 Å². The summed E-state index contributed by atoms with van der Waals surface area (Å²) < 4.78 is 24.4. The number of halogens is 2. The molecule has 0 aliphatic heterocycles. The topological polar surface area (TPSA) is 65.2 Å². The molecule has 1 unspecified atom stereocenters. The quantitative estimate of drug-likeness (QED) is 0.653. The molecule has 0 fully saturated rings. The van der Waals surface area contributed by atoms with Gasteiger partial charge in [-0.15, -0.1) is 10.2 Å². The first-order valence-corrected chi connectivity index (χ1v) is 7.47. The molecule has 0 aliphatic carbocycles. The van der Waals surface area contributed by atoms with Gasteiger partial charge in [0.05, 0.1) is 5.56 Å². The fraction of sp³-hybridized carbons (Fsp3) is 0.118. The minimum atomic E-state index is -0.837. The van der Waals surface area contributed by atoms with E-state index in [1.54, 1.807) is 6.92 Å². The smallest absolute Gasteiger partial charge is 0.341 e. The van der Waals surface area contributed by atoms with E-state index in [1.807, 2.05) is 30.3 Å². The van der Waals surface area contributed by atoms with E-state index in [-0.39, 0.29) is 16.5 Å². The second-order valence-electron chi connectivity index (χ2n) is 4.98. The Kier molecular flexibility index (Phi) is 4.57. The van der Waals surface area contributed by atoms with E-state index in [4.69, 9.17) is 20.8 Å². The molecule has 1 heterocycles. The van der Waals surface area contributed by atoms with E-state index in [0.29, 0.717) is 5.89 Å². The third-order valence-electron chi connectivity index (χ3n) is 3.24. The fourth-order valence-corrected chi connectivity index (χ4v) is 2.18. The van der Waals surface area contributed by atoms with E-state index in [2.05, 4.69) is 10.2 Å². The zero-order valence-corrected chi connectivity index (χ0v) is 13.3. The van der Waals surface area contributed by atoms with Gasteiger partial charge in [0.25, 0.3) is 5.89 Å². The molecule has 0 spiro atoms. The van der Waals surface area contributed by atoms with Gasteiger partial charge in [-0.05, 0) is 37.3 Å². The van der Waals surface area contributed by atoms with Crippen molar-refractivity contribution in [2.75, 3.05) is 0 Å². The minimum absolute atomic E-state index is 0.122. The van der Waals surface area contributed by atoms with E-state index < -0.39 is 17.9 Å². The summed E-state index contributed by atoms with van der Waals surface area (Å²) in [7, 11) is 0. The Morgan fingerprint density at radius 1 is 1.21 bits per heavy atom. The molecule has 7 heteroatoms. The van der Waals surface area contributed by atoms with Gasteiger partial charge < -0.3 is 9.15 Å². The van der Waals surface area contributed by atoms with Crippen LogP contribution in [0.5, 0.6) is 0 Å². The van der Waals surface area contributed by atoms with Crippen LogP contribution in [0.2, 0.25) is 5.02 Å². The van der Waals surface area contributed by atoms with E-state index in [9.17, 15) is 9.18 Å². The molecule has 122 valence electrons. The molecule has 0 aliphatic rings. The highest BCUT2D eigenvalue weighted by Gasteiger charge is 2.21. The van der Waals surface area contributed by atoms with Gasteiger partial charge in [0.15, 0.2) is 6.10 Å². The molecule has 0 amide bonds. The number of aromatic nitrogens is 2. The average Bonchev–Trinajstić information content (AvgIpc) is 3.05. The lowest BCUT2D eigenvalue weighted by Gasteiger charge is -2.10. The second kappa shape index (κ2) is 6.80. The maximum Gasteiger partial charge on any atom is 0.341 e. The Bertz CT molecular complexity index is 867. The summed E-state index contributed by atoms with van der Waals surface area (Å²) in [6.07, 6.45) is -0.822. The molecule has 0 saturated carbocycles. The molecule has 1 atom stereocenters. The molecule has 1 aromatic heterocycles. The first-order valence-electron chi connectivity index (χ1n) is 7.09. The predicted octanol–water partition coefficient (Wildman–Crippen LogP) is 4.45. The average molecular weight is 347 g/mol. The Morgan fingerprint density at radius 2 is 1.96 bits per heavy atom. The zero-order chi connectivity index (χ0) is 17.1. The van der Waals surface area contributed by atoms with Crippen LogP contribution >= 0.6 is 11.6 Å². The molecule has 5 nitrogen and oxygen atoms in total. The number of nitrogens with zero attached hydrogens (tertiary/aromatic N) is 2. The molecule has 24 heavy (non-hydrogen) atoms. The van der Waals surface area contributed by atoms with Crippen LogP contribution in [0, 0.1) is 5.82 Å². The van der Waals surface area contributed by atoms with E-state index in [0.717, 1.165) is 11.6 Å². The summed E-state index contributed by atoms with van der Waals surface area (Å²) in [6, 6.07) is 12.9. The van der Waals surface area contributed by atoms with Gasteiger partial charge in [-0.2, -0.15) is 0 Å². The number of esters is 1. The monoisotopic (exact) mass is 346 g/mol. The third-order valence-corrected chi connectivity index (χ3v) is 3.48. The maximum absolute atomic E-state index is 13.7. The molecule has 0 N–H and O–H groups in total. The standard InChI is InChI=1S/C17H12ClFN2O3/c1-10(23-17(22)13-8-7-12(18)9-14(13)19)15-20-21-16(24-15)11-5-3-2-4-6-11/h2-10H,1H3. The SMILES string of the molecule is CC(OC(=O)c1ccc(Cl)cc1F)c1nnc(-c2ccccc2)o1. The van der Waals surface area contributed by atoms with Crippen LogP contribution in [0.3, 0.4) is 0 Å². The zero-order valence-electron chi connectivity index (χ0n) is 12.6. The minimum Gasteiger partial charge on any atom is -0.449 e. The molecular formula is C17H12ClFN2O3. The number of rotatable bonds is 4. The van der Waals surface area contributed by atoms with Crippen LogP contribution in [-0.4, -0.2) is 16.2 Å². The number of hydrogen-bond acceptors (Lipinski definition) is 5. The number of ether oxygens (including phenoxy) is 1. The molecule has 3 rings (SSSR count). The Balaban J connectivity index is 1.74. The number of benzene rings is 2. The van der Waals surface area contributed by atoms with Crippen molar-refractivity contribution in [3.8, 4) is 11.5 Å². The van der Waals surface area contributed by atoms with Crippen molar-refractivity contribution in [2.45, 2.75) is 13.0 Å². The molecule has 3 aromatic rings. The van der Waals surface area contributed by atoms with Crippen molar-refractivity contribution < 1.29 is 18.3 Å². The molecular weight excluding hydrogens is 335 g/mol. The summed E-state index contributed by atoms with van der Waals surface area (Å²) in [5.41, 5.74) is 0.535. The summed E-state index contributed by atoms with van der Waals surface area (Å²) >= 11 is 5.66. The highest BCUT2D eigenvalue weighted by atomic mass is 35.5. The second-order valence-corrected chi connectivity index (χ2v) is 5.42. The molecule has 0 bridgehead atoms. The summed E-state index contributed by atoms with van der Waals surface area (Å²) in [5.74, 6) is -1.16. The van der Waals surface area contributed by atoms with Crippen LogP contribution < -0.4 is 0 Å². The van der Waals surface area contributed by atoms with E-state index >= 15 is 0 Å². The first-order chi connectivity index (χ1) is 11.5. The summed E-state index contributed by atoms with van der Waals surface area (Å²) in [5, 5.41) is 7.98. The normalized spacial score (nSPS) is 12.0. The number of hydrogen-bond donors (Lipinski definition) is 0.